The molecule has 3 nitrogen and oxygen atoms in total. The zero-order chi connectivity index (χ0) is 11.4. The van der Waals surface area contributed by atoms with Crippen molar-refractivity contribution < 1.29 is 4.52 Å². The fourth-order valence-corrected chi connectivity index (χ4v) is 1.82. The quantitative estimate of drug-likeness (QED) is 0.812. The molecule has 0 amide bonds. The molecule has 86 valence electrons. The second-order valence-electron chi connectivity index (χ2n) is 4.71. The van der Waals surface area contributed by atoms with Gasteiger partial charge in [0.1, 0.15) is 5.76 Å². The lowest BCUT2D eigenvalue weighted by atomic mass is 10.0. The maximum absolute atomic E-state index is 5.12. The van der Waals surface area contributed by atoms with E-state index in [0.717, 1.165) is 23.9 Å². The number of nitrogens with zero attached hydrogens (tertiary/aromatic N) is 1. The Balaban J connectivity index is 2.43. The fraction of sp³-hybridized carbons (Fsp3) is 0.750. The second-order valence-corrected chi connectivity index (χ2v) is 4.71. The predicted molar refractivity (Wildman–Crippen MR) is 61.7 cm³/mol. The predicted octanol–water partition coefficient (Wildman–Crippen LogP) is 2.82. The number of aryl methyl sites for hydroxylation is 2. The normalized spacial score (nSPS) is 13.5. The van der Waals surface area contributed by atoms with Gasteiger partial charge in [0.25, 0.3) is 0 Å². The summed E-state index contributed by atoms with van der Waals surface area (Å²) in [7, 11) is 0. The zero-order valence-corrected chi connectivity index (χ0v) is 10.4. The minimum absolute atomic E-state index is 0.540. The van der Waals surface area contributed by atoms with Crippen LogP contribution in [0.2, 0.25) is 0 Å². The first-order valence-corrected chi connectivity index (χ1v) is 5.65. The van der Waals surface area contributed by atoms with Crippen molar-refractivity contribution >= 4 is 0 Å². The molecule has 0 fully saturated rings. The van der Waals surface area contributed by atoms with Crippen LogP contribution in [0.25, 0.3) is 0 Å². The molecule has 1 aromatic rings. The van der Waals surface area contributed by atoms with Gasteiger partial charge in [-0.15, -0.1) is 0 Å². The topological polar surface area (TPSA) is 38.1 Å². The van der Waals surface area contributed by atoms with Gasteiger partial charge >= 0.3 is 0 Å². The van der Waals surface area contributed by atoms with E-state index in [-0.39, 0.29) is 0 Å². The summed E-state index contributed by atoms with van der Waals surface area (Å²) < 4.78 is 5.12. The van der Waals surface area contributed by atoms with Crippen molar-refractivity contribution in [2.75, 3.05) is 0 Å². The standard InChI is InChI=1S/C12H22N2O/c1-8(2)6-9(3)13-7-12-10(4)14-15-11(12)5/h8-9,13H,6-7H2,1-5H3/t9-/m0/s1. The third kappa shape index (κ3) is 3.67. The molecule has 1 rings (SSSR count). The molecule has 1 aromatic heterocycles. The third-order valence-electron chi connectivity index (χ3n) is 2.63. The van der Waals surface area contributed by atoms with E-state index in [1.165, 1.54) is 12.0 Å². The van der Waals surface area contributed by atoms with Crippen LogP contribution >= 0.6 is 0 Å². The van der Waals surface area contributed by atoms with Gasteiger partial charge in [-0.1, -0.05) is 19.0 Å². The Morgan fingerprint density at radius 1 is 1.27 bits per heavy atom. The summed E-state index contributed by atoms with van der Waals surface area (Å²) in [5.74, 6) is 1.66. The molecule has 0 saturated heterocycles. The Kier molecular flexibility index (Phi) is 4.33. The average Bonchev–Trinajstić information content (AvgIpc) is 2.42. The van der Waals surface area contributed by atoms with Gasteiger partial charge < -0.3 is 9.84 Å². The van der Waals surface area contributed by atoms with E-state index in [1.807, 2.05) is 13.8 Å². The Hall–Kier alpha value is -0.830. The minimum atomic E-state index is 0.540. The van der Waals surface area contributed by atoms with Crippen LogP contribution in [0.4, 0.5) is 0 Å². The smallest absolute Gasteiger partial charge is 0.138 e. The summed E-state index contributed by atoms with van der Waals surface area (Å²) in [6, 6.07) is 0.540. The summed E-state index contributed by atoms with van der Waals surface area (Å²) in [5.41, 5.74) is 2.20. The highest BCUT2D eigenvalue weighted by atomic mass is 16.5. The second kappa shape index (κ2) is 5.31. The molecule has 0 unspecified atom stereocenters. The molecule has 1 N–H and O–H groups in total. The van der Waals surface area contributed by atoms with Crippen LogP contribution in [0.1, 0.15) is 44.2 Å². The van der Waals surface area contributed by atoms with Crippen molar-refractivity contribution in [1.29, 1.82) is 0 Å². The molecule has 0 aromatic carbocycles. The van der Waals surface area contributed by atoms with Gasteiger partial charge in [0, 0.05) is 18.2 Å². The van der Waals surface area contributed by atoms with Crippen molar-refractivity contribution in [3.8, 4) is 0 Å². The van der Waals surface area contributed by atoms with Gasteiger partial charge in [-0.25, -0.2) is 0 Å². The zero-order valence-electron chi connectivity index (χ0n) is 10.4. The van der Waals surface area contributed by atoms with Crippen LogP contribution in [0, 0.1) is 19.8 Å². The highest BCUT2D eigenvalue weighted by Crippen LogP contribution is 2.12. The molecule has 0 aliphatic heterocycles. The number of rotatable bonds is 5. The van der Waals surface area contributed by atoms with Crippen molar-refractivity contribution in [2.24, 2.45) is 5.92 Å². The van der Waals surface area contributed by atoms with Gasteiger partial charge in [0.15, 0.2) is 0 Å². The largest absolute Gasteiger partial charge is 0.361 e. The van der Waals surface area contributed by atoms with Crippen LogP contribution in [-0.2, 0) is 6.54 Å². The van der Waals surface area contributed by atoms with Gasteiger partial charge in [-0.3, -0.25) is 0 Å². The molecule has 15 heavy (non-hydrogen) atoms. The van der Waals surface area contributed by atoms with E-state index in [2.05, 4.69) is 31.2 Å². The molecule has 3 heteroatoms. The maximum atomic E-state index is 5.12. The van der Waals surface area contributed by atoms with Gasteiger partial charge in [0.2, 0.25) is 0 Å². The maximum Gasteiger partial charge on any atom is 0.138 e. The van der Waals surface area contributed by atoms with Crippen molar-refractivity contribution in [2.45, 2.75) is 53.6 Å². The first-order chi connectivity index (χ1) is 7.00. The highest BCUT2D eigenvalue weighted by Gasteiger charge is 2.10. The first-order valence-electron chi connectivity index (χ1n) is 5.65. The Morgan fingerprint density at radius 2 is 1.93 bits per heavy atom. The molecule has 1 atom stereocenters. The average molecular weight is 210 g/mol. The van der Waals surface area contributed by atoms with Crippen LogP contribution < -0.4 is 5.32 Å². The minimum Gasteiger partial charge on any atom is -0.361 e. The first kappa shape index (κ1) is 12.2. The van der Waals surface area contributed by atoms with Crippen LogP contribution in [-0.4, -0.2) is 11.2 Å². The lowest BCUT2D eigenvalue weighted by Crippen LogP contribution is -2.27. The molecule has 1 heterocycles. The van der Waals surface area contributed by atoms with Crippen LogP contribution in [0.3, 0.4) is 0 Å². The van der Waals surface area contributed by atoms with Crippen molar-refractivity contribution in [3.05, 3.63) is 17.0 Å². The number of aromatic nitrogens is 1. The summed E-state index contributed by atoms with van der Waals surface area (Å²) >= 11 is 0. The molecule has 0 aliphatic carbocycles. The summed E-state index contributed by atoms with van der Waals surface area (Å²) in [6.45, 7) is 11.5. The molecule has 0 aliphatic rings. The summed E-state index contributed by atoms with van der Waals surface area (Å²) in [4.78, 5) is 0. The summed E-state index contributed by atoms with van der Waals surface area (Å²) in [6.07, 6.45) is 1.20. The highest BCUT2D eigenvalue weighted by molar-refractivity contribution is 5.20. The Morgan fingerprint density at radius 3 is 2.40 bits per heavy atom. The van der Waals surface area contributed by atoms with E-state index >= 15 is 0 Å². The molecule has 0 radical (unpaired) electrons. The van der Waals surface area contributed by atoms with E-state index < -0.39 is 0 Å². The van der Waals surface area contributed by atoms with Gasteiger partial charge in [-0.05, 0) is 33.1 Å². The third-order valence-corrected chi connectivity index (χ3v) is 2.63. The fourth-order valence-electron chi connectivity index (χ4n) is 1.82. The Bertz CT molecular complexity index is 285. The summed E-state index contributed by atoms with van der Waals surface area (Å²) in [5, 5.41) is 7.44. The van der Waals surface area contributed by atoms with Gasteiger partial charge in [0.05, 0.1) is 5.69 Å². The van der Waals surface area contributed by atoms with Crippen molar-refractivity contribution in [3.63, 3.8) is 0 Å². The van der Waals surface area contributed by atoms with E-state index in [9.17, 15) is 0 Å². The van der Waals surface area contributed by atoms with E-state index in [0.29, 0.717) is 6.04 Å². The van der Waals surface area contributed by atoms with Crippen molar-refractivity contribution in [1.82, 2.24) is 10.5 Å². The number of nitrogens with one attached hydrogen (secondary N) is 1. The van der Waals surface area contributed by atoms with Crippen LogP contribution in [0.5, 0.6) is 0 Å². The SMILES string of the molecule is Cc1noc(C)c1CN[C@@H](C)CC(C)C. The van der Waals surface area contributed by atoms with Gasteiger partial charge in [-0.2, -0.15) is 0 Å². The van der Waals surface area contributed by atoms with Crippen LogP contribution in [0.15, 0.2) is 4.52 Å². The molecule has 0 saturated carbocycles. The number of hydrogen-bond donors (Lipinski definition) is 1. The van der Waals surface area contributed by atoms with E-state index in [4.69, 9.17) is 4.52 Å². The number of hydrogen-bond acceptors (Lipinski definition) is 3. The Labute approximate surface area is 92.2 Å². The molecular formula is C12H22N2O. The molecule has 0 spiro atoms. The molecular weight excluding hydrogens is 188 g/mol. The van der Waals surface area contributed by atoms with E-state index in [1.54, 1.807) is 0 Å². The lowest BCUT2D eigenvalue weighted by molar-refractivity contribution is 0.390. The monoisotopic (exact) mass is 210 g/mol. The molecule has 0 bridgehead atoms. The lowest BCUT2D eigenvalue weighted by Gasteiger charge is -2.15.